The number of aromatic amines is 1. The number of H-pyrrole nitrogens is 1. The van der Waals surface area contributed by atoms with E-state index >= 15 is 0 Å². The molecular weight excluding hydrogens is 417 g/mol. The van der Waals surface area contributed by atoms with Gasteiger partial charge < -0.3 is 4.90 Å². The molecule has 3 aromatic rings. The summed E-state index contributed by atoms with van der Waals surface area (Å²) in [7, 11) is 2.37. The number of nitrogens with one attached hydrogen (secondary N) is 1. The minimum atomic E-state index is -4.85. The molecule has 1 atom stereocenters. The van der Waals surface area contributed by atoms with Crippen molar-refractivity contribution in [2.75, 3.05) is 6.54 Å². The summed E-state index contributed by atoms with van der Waals surface area (Å²) < 4.78 is 43.3. The van der Waals surface area contributed by atoms with Gasteiger partial charge in [0.2, 0.25) is 0 Å². The number of amides is 1. The van der Waals surface area contributed by atoms with Crippen LogP contribution in [0.5, 0.6) is 0 Å². The number of likely N-dealkylation sites (tertiary alicyclic amines) is 1. The lowest BCUT2D eigenvalue weighted by Gasteiger charge is -2.35. The third-order valence-corrected chi connectivity index (χ3v) is 5.57. The van der Waals surface area contributed by atoms with Gasteiger partial charge in [-0.25, -0.2) is 9.78 Å². The van der Waals surface area contributed by atoms with Crippen molar-refractivity contribution in [3.05, 3.63) is 56.1 Å². The van der Waals surface area contributed by atoms with Crippen LogP contribution in [0.15, 0.2) is 27.9 Å². The van der Waals surface area contributed by atoms with E-state index in [1.54, 1.807) is 0 Å². The Balaban J connectivity index is 1.96. The van der Waals surface area contributed by atoms with Crippen LogP contribution >= 0.6 is 0 Å². The quantitative estimate of drug-likeness (QED) is 0.659. The van der Waals surface area contributed by atoms with Crippen LogP contribution in [0.2, 0.25) is 0 Å². The first-order valence-corrected chi connectivity index (χ1v) is 9.59. The zero-order valence-corrected chi connectivity index (χ0v) is 16.7. The molecule has 1 N–H and O–H groups in total. The highest BCUT2D eigenvalue weighted by Crippen LogP contribution is 2.37. The fraction of sp³-hybridized carbons (Fsp3) is 0.421. The van der Waals surface area contributed by atoms with Gasteiger partial charge in [0.15, 0.2) is 0 Å². The predicted molar refractivity (Wildman–Crippen MR) is 103 cm³/mol. The summed E-state index contributed by atoms with van der Waals surface area (Å²) in [6.45, 7) is 0.332. The third kappa shape index (κ3) is 3.41. The average molecular weight is 436 g/mol. The average Bonchev–Trinajstić information content (AvgIpc) is 3.29. The van der Waals surface area contributed by atoms with Gasteiger partial charge in [-0.2, -0.15) is 18.3 Å². The maximum absolute atomic E-state index is 13.9. The zero-order valence-electron chi connectivity index (χ0n) is 16.7. The molecular formula is C19H19F3N6O3. The fourth-order valence-corrected chi connectivity index (χ4v) is 3.98. The highest BCUT2D eigenvalue weighted by Gasteiger charge is 2.38. The molecule has 3 aromatic heterocycles. The number of aryl methyl sites for hydroxylation is 1. The molecule has 31 heavy (non-hydrogen) atoms. The van der Waals surface area contributed by atoms with E-state index in [1.165, 1.54) is 24.2 Å². The maximum atomic E-state index is 13.9. The van der Waals surface area contributed by atoms with Crippen LogP contribution in [0.3, 0.4) is 0 Å². The molecule has 0 aromatic carbocycles. The molecule has 0 spiro atoms. The summed E-state index contributed by atoms with van der Waals surface area (Å²) >= 11 is 0. The number of rotatable bonds is 2. The molecule has 0 saturated carbocycles. The van der Waals surface area contributed by atoms with E-state index in [1.807, 2.05) is 0 Å². The first-order chi connectivity index (χ1) is 14.6. The highest BCUT2D eigenvalue weighted by atomic mass is 19.4. The van der Waals surface area contributed by atoms with Crippen LogP contribution in [-0.4, -0.2) is 41.7 Å². The van der Waals surface area contributed by atoms with Gasteiger partial charge >= 0.3 is 11.9 Å². The standard InChI is InChI=1S/C19H19F3N6O3/c1-26-15-14(17(30)27(2)18(26)31)10(19(20,21)22)9-12(24-15)13-5-3-4-8-28(13)16(29)11-6-7-23-25-11/h6-7,9,13H,3-5,8H2,1-2H3,(H,23,25)/t13-/m0/s1. The largest absolute Gasteiger partial charge is 0.417 e. The van der Waals surface area contributed by atoms with Gasteiger partial charge in [0.05, 0.1) is 22.7 Å². The molecule has 0 aliphatic carbocycles. The Morgan fingerprint density at radius 1 is 1.19 bits per heavy atom. The minimum absolute atomic E-state index is 0.0179. The number of nitrogens with zero attached hydrogens (tertiary/aromatic N) is 5. The van der Waals surface area contributed by atoms with E-state index in [2.05, 4.69) is 15.2 Å². The molecule has 0 radical (unpaired) electrons. The molecule has 0 unspecified atom stereocenters. The number of aromatic nitrogens is 5. The van der Waals surface area contributed by atoms with Crippen molar-refractivity contribution in [3.8, 4) is 0 Å². The normalized spacial score (nSPS) is 17.3. The van der Waals surface area contributed by atoms with Crippen LogP contribution < -0.4 is 11.2 Å². The number of fused-ring (bicyclic) bond motifs is 1. The Bertz CT molecular complexity index is 1280. The van der Waals surface area contributed by atoms with Crippen molar-refractivity contribution < 1.29 is 18.0 Å². The van der Waals surface area contributed by atoms with Gasteiger partial charge in [-0.1, -0.05) is 0 Å². The summed E-state index contributed by atoms with van der Waals surface area (Å²) in [5, 5.41) is 5.64. The van der Waals surface area contributed by atoms with Crippen molar-refractivity contribution in [1.29, 1.82) is 0 Å². The monoisotopic (exact) mass is 436 g/mol. The molecule has 1 saturated heterocycles. The Morgan fingerprint density at radius 2 is 1.94 bits per heavy atom. The molecule has 0 bridgehead atoms. The van der Waals surface area contributed by atoms with E-state index in [-0.39, 0.29) is 17.0 Å². The Kier molecular flexibility index (Phi) is 4.94. The van der Waals surface area contributed by atoms with Crippen molar-refractivity contribution in [1.82, 2.24) is 29.2 Å². The smallest absolute Gasteiger partial charge is 0.329 e. The van der Waals surface area contributed by atoms with Crippen LogP contribution in [0.1, 0.15) is 47.1 Å². The van der Waals surface area contributed by atoms with Gasteiger partial charge in [-0.05, 0) is 31.4 Å². The van der Waals surface area contributed by atoms with Gasteiger partial charge in [0.25, 0.3) is 11.5 Å². The molecule has 1 aliphatic rings. The second kappa shape index (κ2) is 7.36. The molecule has 4 rings (SSSR count). The lowest BCUT2D eigenvalue weighted by Crippen LogP contribution is -2.40. The van der Waals surface area contributed by atoms with E-state index in [4.69, 9.17) is 0 Å². The summed E-state index contributed by atoms with van der Waals surface area (Å²) in [5.74, 6) is -0.407. The van der Waals surface area contributed by atoms with E-state index in [0.29, 0.717) is 30.4 Å². The summed E-state index contributed by atoms with van der Waals surface area (Å²) in [5.41, 5.74) is -3.20. The summed E-state index contributed by atoms with van der Waals surface area (Å²) in [4.78, 5) is 43.5. The molecule has 4 heterocycles. The number of carbonyl (C=O) groups is 1. The molecule has 164 valence electrons. The summed E-state index contributed by atoms with van der Waals surface area (Å²) in [6, 6.07) is 1.56. The Hall–Kier alpha value is -3.44. The zero-order chi connectivity index (χ0) is 22.5. The Morgan fingerprint density at radius 3 is 2.58 bits per heavy atom. The number of alkyl halides is 3. The van der Waals surface area contributed by atoms with E-state index in [9.17, 15) is 27.6 Å². The lowest BCUT2D eigenvalue weighted by molar-refractivity contribution is -0.136. The topological polar surface area (TPSA) is 106 Å². The fourth-order valence-electron chi connectivity index (χ4n) is 3.98. The lowest BCUT2D eigenvalue weighted by atomic mass is 9.96. The molecule has 12 heteroatoms. The van der Waals surface area contributed by atoms with Crippen molar-refractivity contribution >= 4 is 16.9 Å². The van der Waals surface area contributed by atoms with Crippen LogP contribution in [0.4, 0.5) is 13.2 Å². The van der Waals surface area contributed by atoms with Gasteiger partial charge in [-0.3, -0.25) is 23.8 Å². The predicted octanol–water partition coefficient (Wildman–Crippen LogP) is 1.74. The molecule has 1 amide bonds. The van der Waals surface area contributed by atoms with Crippen LogP contribution in [-0.2, 0) is 20.3 Å². The number of halogens is 3. The number of hydrogen-bond acceptors (Lipinski definition) is 5. The third-order valence-electron chi connectivity index (χ3n) is 5.57. The van der Waals surface area contributed by atoms with Gasteiger partial charge in [-0.15, -0.1) is 0 Å². The second-order valence-electron chi connectivity index (χ2n) is 7.48. The first kappa shape index (κ1) is 20.8. The molecule has 1 aliphatic heterocycles. The van der Waals surface area contributed by atoms with Gasteiger partial charge in [0.1, 0.15) is 11.3 Å². The molecule has 9 nitrogen and oxygen atoms in total. The van der Waals surface area contributed by atoms with Crippen molar-refractivity contribution in [2.45, 2.75) is 31.5 Å². The summed E-state index contributed by atoms with van der Waals surface area (Å²) in [6.07, 6.45) is -1.67. The highest BCUT2D eigenvalue weighted by molar-refractivity contribution is 5.92. The number of piperidine rings is 1. The van der Waals surface area contributed by atoms with Crippen molar-refractivity contribution in [2.24, 2.45) is 14.1 Å². The van der Waals surface area contributed by atoms with Crippen molar-refractivity contribution in [3.63, 3.8) is 0 Å². The maximum Gasteiger partial charge on any atom is 0.417 e. The second-order valence-corrected chi connectivity index (χ2v) is 7.48. The SMILES string of the molecule is Cn1c(=O)c2c(C(F)(F)F)cc([C@@H]3CCCCN3C(=O)c3ccn[nH]3)nc2n(C)c1=O. The van der Waals surface area contributed by atoms with Gasteiger partial charge in [0, 0.05) is 26.8 Å². The first-order valence-electron chi connectivity index (χ1n) is 9.59. The van der Waals surface area contributed by atoms with E-state index < -0.39 is 40.3 Å². The number of carbonyl (C=O) groups excluding carboxylic acids is 1. The van der Waals surface area contributed by atoms with Crippen LogP contribution in [0.25, 0.3) is 11.0 Å². The van der Waals surface area contributed by atoms with E-state index in [0.717, 1.165) is 17.7 Å². The number of hydrogen-bond donors (Lipinski definition) is 1. The minimum Gasteiger partial charge on any atom is -0.329 e. The number of pyridine rings is 1. The molecule has 1 fully saturated rings. The Labute approximate surface area is 173 Å². The van der Waals surface area contributed by atoms with Crippen LogP contribution in [0, 0.1) is 0 Å².